The minimum Gasteiger partial charge on any atom is -0.497 e. The van der Waals surface area contributed by atoms with Crippen molar-refractivity contribution in [1.82, 2.24) is 5.32 Å². The molecule has 9 heteroatoms. The van der Waals surface area contributed by atoms with Gasteiger partial charge in [0.05, 0.1) is 24.7 Å². The summed E-state index contributed by atoms with van der Waals surface area (Å²) in [6.07, 6.45) is 0. The number of carbonyl (C=O) groups excluding carboxylic acids is 3. The number of hydrogen-bond donors (Lipinski definition) is 2. The molecule has 0 saturated carbocycles. The zero-order valence-electron chi connectivity index (χ0n) is 18.5. The van der Waals surface area contributed by atoms with E-state index in [1.54, 1.807) is 38.3 Å². The molecule has 0 aliphatic rings. The van der Waals surface area contributed by atoms with Crippen LogP contribution in [0.5, 0.6) is 11.5 Å². The highest BCUT2D eigenvalue weighted by Gasteiger charge is 2.26. The first-order chi connectivity index (χ1) is 15.9. The minimum absolute atomic E-state index is 0.144. The van der Waals surface area contributed by atoms with Crippen LogP contribution in [0.2, 0.25) is 0 Å². The Morgan fingerprint density at radius 3 is 2.24 bits per heavy atom. The lowest BCUT2D eigenvalue weighted by molar-refractivity contribution is -0.118. The Morgan fingerprint density at radius 1 is 0.939 bits per heavy atom. The molecule has 33 heavy (non-hydrogen) atoms. The number of ether oxygens (including phenoxy) is 3. The number of esters is 1. The van der Waals surface area contributed by atoms with Crippen molar-refractivity contribution in [2.24, 2.45) is 0 Å². The average molecular weight is 469 g/mol. The normalized spacial score (nSPS) is 10.3. The molecule has 0 atom stereocenters. The smallest absolute Gasteiger partial charge is 0.341 e. The Bertz CT molecular complexity index is 1130. The Kier molecular flexibility index (Phi) is 8.04. The number of nitrogens with one attached hydrogen (secondary N) is 2. The van der Waals surface area contributed by atoms with E-state index in [9.17, 15) is 14.4 Å². The molecule has 0 bridgehead atoms. The highest BCUT2D eigenvalue weighted by Crippen LogP contribution is 2.33. The summed E-state index contributed by atoms with van der Waals surface area (Å²) in [5, 5.41) is 5.72. The molecule has 2 N–H and O–H groups in total. The largest absolute Gasteiger partial charge is 0.497 e. The second-order valence-corrected chi connectivity index (χ2v) is 7.95. The predicted molar refractivity (Wildman–Crippen MR) is 125 cm³/mol. The Balaban J connectivity index is 1.71. The lowest BCUT2D eigenvalue weighted by atomic mass is 10.1. The number of rotatable bonds is 9. The monoisotopic (exact) mass is 468 g/mol. The molecule has 1 heterocycles. The molecule has 3 aromatic rings. The molecule has 172 valence electrons. The molecule has 0 spiro atoms. The average Bonchev–Trinajstić information content (AvgIpc) is 3.17. The number of carbonyl (C=O) groups is 3. The summed E-state index contributed by atoms with van der Waals surface area (Å²) in [5.74, 6) is -0.309. The zero-order chi connectivity index (χ0) is 23.8. The molecule has 1 aromatic heterocycles. The van der Waals surface area contributed by atoms with Crippen LogP contribution < -0.4 is 20.1 Å². The van der Waals surface area contributed by atoms with Gasteiger partial charge in [0.2, 0.25) is 0 Å². The van der Waals surface area contributed by atoms with Crippen LogP contribution in [0.25, 0.3) is 0 Å². The second kappa shape index (κ2) is 11.1. The quantitative estimate of drug-likeness (QED) is 0.463. The molecule has 3 rings (SSSR count). The number of hydrogen-bond acceptors (Lipinski definition) is 7. The summed E-state index contributed by atoms with van der Waals surface area (Å²) in [7, 11) is 2.80. The van der Waals surface area contributed by atoms with Crippen LogP contribution in [0.1, 0.15) is 31.2 Å². The lowest BCUT2D eigenvalue weighted by Crippen LogP contribution is -2.22. The Hall–Kier alpha value is -3.85. The van der Waals surface area contributed by atoms with Gasteiger partial charge < -0.3 is 24.8 Å². The van der Waals surface area contributed by atoms with Crippen LogP contribution in [0.4, 0.5) is 5.00 Å². The van der Waals surface area contributed by atoms with E-state index in [2.05, 4.69) is 10.6 Å². The van der Waals surface area contributed by atoms with Crippen LogP contribution in [-0.4, -0.2) is 38.6 Å². The molecule has 8 nitrogen and oxygen atoms in total. The van der Waals surface area contributed by atoms with Crippen molar-refractivity contribution >= 4 is 34.1 Å². The third-order valence-electron chi connectivity index (χ3n) is 4.72. The molecular formula is C24H24N2O6S. The summed E-state index contributed by atoms with van der Waals surface area (Å²) in [5.41, 5.74) is 1.52. The fraction of sp³-hybridized carbons (Fsp3) is 0.208. The molecule has 0 fully saturated rings. The third kappa shape index (κ3) is 6.11. The fourth-order valence-electron chi connectivity index (χ4n) is 3.01. The van der Waals surface area contributed by atoms with Crippen molar-refractivity contribution in [3.8, 4) is 11.5 Å². The highest BCUT2D eigenvalue weighted by molar-refractivity contribution is 7.18. The first-order valence-electron chi connectivity index (χ1n) is 10.0. The van der Waals surface area contributed by atoms with Crippen LogP contribution in [0.3, 0.4) is 0 Å². The topological polar surface area (TPSA) is 103 Å². The number of thiophene rings is 1. The van der Waals surface area contributed by atoms with Gasteiger partial charge >= 0.3 is 5.97 Å². The summed E-state index contributed by atoms with van der Waals surface area (Å²) >= 11 is 1.01. The van der Waals surface area contributed by atoms with Gasteiger partial charge in [-0.1, -0.05) is 30.3 Å². The van der Waals surface area contributed by atoms with Gasteiger partial charge in [-0.2, -0.15) is 0 Å². The Morgan fingerprint density at radius 2 is 1.61 bits per heavy atom. The van der Waals surface area contributed by atoms with E-state index < -0.39 is 11.9 Å². The van der Waals surface area contributed by atoms with Crippen LogP contribution in [0.15, 0.2) is 54.6 Å². The first-order valence-corrected chi connectivity index (χ1v) is 10.8. The van der Waals surface area contributed by atoms with Gasteiger partial charge in [0, 0.05) is 6.54 Å². The van der Waals surface area contributed by atoms with E-state index in [1.807, 2.05) is 30.3 Å². The van der Waals surface area contributed by atoms with E-state index in [1.165, 1.54) is 7.11 Å². The van der Waals surface area contributed by atoms with Gasteiger partial charge in [0.15, 0.2) is 6.61 Å². The number of benzene rings is 2. The maximum Gasteiger partial charge on any atom is 0.341 e. The molecule has 0 unspecified atom stereocenters. The molecule has 2 aromatic carbocycles. The van der Waals surface area contributed by atoms with Gasteiger partial charge in [-0.05, 0) is 42.3 Å². The predicted octanol–water partition coefficient (Wildman–Crippen LogP) is 3.80. The molecule has 0 radical (unpaired) electrons. The van der Waals surface area contributed by atoms with E-state index in [0.717, 1.165) is 16.9 Å². The lowest BCUT2D eigenvalue weighted by Gasteiger charge is -2.08. The van der Waals surface area contributed by atoms with Gasteiger partial charge in [-0.25, -0.2) is 4.79 Å². The number of amides is 2. The minimum atomic E-state index is -0.641. The summed E-state index contributed by atoms with van der Waals surface area (Å²) in [6, 6.07) is 16.2. The van der Waals surface area contributed by atoms with Gasteiger partial charge in [-0.15, -0.1) is 11.3 Å². The van der Waals surface area contributed by atoms with Crippen molar-refractivity contribution in [3.05, 3.63) is 76.2 Å². The molecule has 2 amide bonds. The van der Waals surface area contributed by atoms with E-state index >= 15 is 0 Å². The number of methoxy groups -OCH3 is 2. The van der Waals surface area contributed by atoms with Crippen LogP contribution in [-0.2, 0) is 16.1 Å². The van der Waals surface area contributed by atoms with Crippen LogP contribution >= 0.6 is 11.3 Å². The van der Waals surface area contributed by atoms with Gasteiger partial charge in [0.1, 0.15) is 16.5 Å². The van der Waals surface area contributed by atoms with Crippen molar-refractivity contribution in [1.29, 1.82) is 0 Å². The molecule has 0 saturated heterocycles. The third-order valence-corrected chi connectivity index (χ3v) is 5.93. The summed E-state index contributed by atoms with van der Waals surface area (Å²) < 4.78 is 15.4. The van der Waals surface area contributed by atoms with Crippen molar-refractivity contribution in [3.63, 3.8) is 0 Å². The van der Waals surface area contributed by atoms with E-state index in [4.69, 9.17) is 14.2 Å². The van der Waals surface area contributed by atoms with Gasteiger partial charge in [-0.3, -0.25) is 9.59 Å². The number of anilines is 1. The van der Waals surface area contributed by atoms with E-state index in [0.29, 0.717) is 28.5 Å². The second-order valence-electron chi connectivity index (χ2n) is 6.93. The highest BCUT2D eigenvalue weighted by atomic mass is 32.1. The Labute approximate surface area is 195 Å². The van der Waals surface area contributed by atoms with E-state index in [-0.39, 0.29) is 23.1 Å². The summed E-state index contributed by atoms with van der Waals surface area (Å²) in [4.78, 5) is 37.9. The van der Waals surface area contributed by atoms with Crippen molar-refractivity contribution in [2.75, 3.05) is 26.1 Å². The van der Waals surface area contributed by atoms with Crippen molar-refractivity contribution in [2.45, 2.75) is 13.5 Å². The van der Waals surface area contributed by atoms with Crippen LogP contribution in [0, 0.1) is 6.92 Å². The summed E-state index contributed by atoms with van der Waals surface area (Å²) in [6.45, 7) is 1.70. The standard InChI is InChI=1S/C24H24N2O6S/c1-15-20(24(29)31-3)23(26-19(27)14-32-18-11-9-17(30-2)10-12-18)33-21(15)22(28)25-13-16-7-5-4-6-8-16/h4-12H,13-14H2,1-3H3,(H,25,28)(H,26,27). The molecule has 0 aliphatic heterocycles. The molecule has 0 aliphatic carbocycles. The zero-order valence-corrected chi connectivity index (χ0v) is 19.3. The first kappa shape index (κ1) is 23.8. The maximum atomic E-state index is 12.8. The van der Waals surface area contributed by atoms with Gasteiger partial charge in [0.25, 0.3) is 11.8 Å². The SMILES string of the molecule is COC(=O)c1c(NC(=O)COc2ccc(OC)cc2)sc(C(=O)NCc2ccccc2)c1C. The van der Waals surface area contributed by atoms with Crippen molar-refractivity contribution < 1.29 is 28.6 Å². The fourth-order valence-corrected chi connectivity index (χ4v) is 4.14. The maximum absolute atomic E-state index is 12.8. The molecular weight excluding hydrogens is 444 g/mol.